The van der Waals surface area contributed by atoms with E-state index in [4.69, 9.17) is 0 Å². The van der Waals surface area contributed by atoms with Gasteiger partial charge in [0.25, 0.3) is 11.8 Å². The average molecular weight is 396 g/mol. The van der Waals surface area contributed by atoms with Gasteiger partial charge in [0.15, 0.2) is 0 Å². The highest BCUT2D eigenvalue weighted by atomic mass is 16.2. The predicted octanol–water partition coefficient (Wildman–Crippen LogP) is 0.318. The van der Waals surface area contributed by atoms with Gasteiger partial charge < -0.3 is 10.6 Å². The number of hydrogen-bond donors (Lipinski definition) is 3. The lowest BCUT2D eigenvalue weighted by atomic mass is 10.00. The van der Waals surface area contributed by atoms with E-state index in [0.717, 1.165) is 22.9 Å². The van der Waals surface area contributed by atoms with Crippen LogP contribution >= 0.6 is 0 Å². The molecule has 5 rings (SSSR count). The number of carbonyl (C=O) groups is 4. The number of carbonyl (C=O) groups excluding carboxylic acids is 4. The Bertz CT molecular complexity index is 914. The van der Waals surface area contributed by atoms with Gasteiger partial charge in [0.1, 0.15) is 6.04 Å². The maximum Gasteiger partial charge on any atom is 0.262 e. The summed E-state index contributed by atoms with van der Waals surface area (Å²) in [6, 6.07) is 5.50. The van der Waals surface area contributed by atoms with Gasteiger partial charge >= 0.3 is 0 Å². The molecular weight excluding hydrogens is 372 g/mol. The summed E-state index contributed by atoms with van der Waals surface area (Å²) in [4.78, 5) is 50.1. The minimum Gasteiger partial charge on any atom is -0.311 e. The Hall–Kier alpha value is -2.58. The number of imide groups is 2. The molecule has 4 amide bonds. The van der Waals surface area contributed by atoms with Crippen molar-refractivity contribution in [2.24, 2.45) is 5.92 Å². The fourth-order valence-corrected chi connectivity index (χ4v) is 5.20. The Balaban J connectivity index is 1.25. The van der Waals surface area contributed by atoms with Crippen molar-refractivity contribution in [3.63, 3.8) is 0 Å². The average Bonchev–Trinajstić information content (AvgIpc) is 3.38. The van der Waals surface area contributed by atoms with Gasteiger partial charge in [0, 0.05) is 31.6 Å². The van der Waals surface area contributed by atoms with Gasteiger partial charge in [-0.3, -0.25) is 29.4 Å². The third-order valence-electron chi connectivity index (χ3n) is 6.69. The number of nitrogens with one attached hydrogen (secondary N) is 3. The van der Waals surface area contributed by atoms with E-state index in [9.17, 15) is 19.2 Å². The molecule has 2 bridgehead atoms. The van der Waals surface area contributed by atoms with E-state index >= 15 is 0 Å². The SMILES string of the molecule is O=C1CCC(N2C(=O)c3ccc(CNC[C@H]4N[C@@H]5CC[C@H]4C5)cc3C2=O)C(=O)N1. The maximum atomic E-state index is 12.9. The molecule has 8 heteroatoms. The first-order chi connectivity index (χ1) is 14.0. The molecule has 3 heterocycles. The van der Waals surface area contributed by atoms with Crippen molar-refractivity contribution in [1.82, 2.24) is 20.9 Å². The van der Waals surface area contributed by atoms with Gasteiger partial charge in [-0.2, -0.15) is 0 Å². The van der Waals surface area contributed by atoms with Crippen molar-refractivity contribution < 1.29 is 19.2 Å². The Morgan fingerprint density at radius 2 is 1.86 bits per heavy atom. The van der Waals surface area contributed by atoms with E-state index in [1.165, 1.54) is 19.3 Å². The molecule has 3 N–H and O–H groups in total. The molecule has 3 fully saturated rings. The van der Waals surface area contributed by atoms with Gasteiger partial charge in [-0.25, -0.2) is 0 Å². The summed E-state index contributed by atoms with van der Waals surface area (Å²) in [5.41, 5.74) is 1.58. The number of benzene rings is 1. The summed E-state index contributed by atoms with van der Waals surface area (Å²) in [5.74, 6) is -1.13. The quantitative estimate of drug-likeness (QED) is 0.619. The molecule has 8 nitrogen and oxygen atoms in total. The molecule has 1 unspecified atom stereocenters. The van der Waals surface area contributed by atoms with E-state index in [1.54, 1.807) is 12.1 Å². The number of fused-ring (bicyclic) bond motifs is 3. The van der Waals surface area contributed by atoms with Crippen molar-refractivity contribution >= 4 is 23.6 Å². The molecule has 2 saturated heterocycles. The molecule has 29 heavy (non-hydrogen) atoms. The third-order valence-corrected chi connectivity index (χ3v) is 6.69. The van der Waals surface area contributed by atoms with Crippen LogP contribution in [0, 0.1) is 5.92 Å². The van der Waals surface area contributed by atoms with Gasteiger partial charge in [0.2, 0.25) is 11.8 Å². The van der Waals surface area contributed by atoms with Crippen molar-refractivity contribution in [2.45, 2.75) is 56.8 Å². The highest BCUT2D eigenvalue weighted by Gasteiger charge is 2.44. The zero-order valence-corrected chi connectivity index (χ0v) is 16.1. The summed E-state index contributed by atoms with van der Waals surface area (Å²) in [5, 5.41) is 9.32. The molecule has 4 aliphatic rings. The molecule has 152 valence electrons. The number of nitrogens with zero attached hydrogens (tertiary/aromatic N) is 1. The monoisotopic (exact) mass is 396 g/mol. The van der Waals surface area contributed by atoms with Gasteiger partial charge in [0.05, 0.1) is 11.1 Å². The maximum absolute atomic E-state index is 12.9. The molecule has 0 radical (unpaired) electrons. The number of piperidine rings is 2. The lowest BCUT2D eigenvalue weighted by Gasteiger charge is -2.27. The van der Waals surface area contributed by atoms with Crippen LogP contribution in [0.15, 0.2) is 18.2 Å². The fraction of sp³-hybridized carbons (Fsp3) is 0.524. The largest absolute Gasteiger partial charge is 0.311 e. The first kappa shape index (κ1) is 18.4. The summed E-state index contributed by atoms with van der Waals surface area (Å²) in [6.45, 7) is 1.50. The van der Waals surface area contributed by atoms with Crippen LogP contribution in [-0.2, 0) is 16.1 Å². The second-order valence-electron chi connectivity index (χ2n) is 8.50. The summed E-state index contributed by atoms with van der Waals surface area (Å²) in [6.07, 6.45) is 4.15. The number of hydrogen-bond acceptors (Lipinski definition) is 6. The molecule has 4 atom stereocenters. The standard InChI is InChI=1S/C21H24N4O4/c26-18-6-5-17(19(27)24-18)25-20(28)14-4-1-11(7-15(14)21(25)29)9-22-10-16-12-2-3-13(8-12)23-16/h1,4,7,12-13,16-17,22-23H,2-3,5-6,8-10H2,(H,24,26,27)/t12-,13+,16+,17?/m0/s1. The Kier molecular flexibility index (Phi) is 4.48. The normalized spacial score (nSPS) is 30.8. The van der Waals surface area contributed by atoms with Crippen LogP contribution in [0.25, 0.3) is 0 Å². The van der Waals surface area contributed by atoms with Crippen LogP contribution in [0.3, 0.4) is 0 Å². The van der Waals surface area contributed by atoms with Crippen LogP contribution in [0.4, 0.5) is 0 Å². The van der Waals surface area contributed by atoms with Crippen molar-refractivity contribution in [1.29, 1.82) is 0 Å². The van der Waals surface area contributed by atoms with Crippen LogP contribution in [0.5, 0.6) is 0 Å². The smallest absolute Gasteiger partial charge is 0.262 e. The Morgan fingerprint density at radius 1 is 1.03 bits per heavy atom. The van der Waals surface area contributed by atoms with Crippen molar-refractivity contribution in [2.75, 3.05) is 6.54 Å². The number of rotatable bonds is 5. The van der Waals surface area contributed by atoms with Crippen LogP contribution in [0.1, 0.15) is 58.4 Å². The lowest BCUT2D eigenvalue weighted by Crippen LogP contribution is -2.54. The minimum absolute atomic E-state index is 0.121. The highest BCUT2D eigenvalue weighted by molar-refractivity contribution is 6.23. The topological polar surface area (TPSA) is 108 Å². The molecule has 1 aromatic carbocycles. The molecule has 0 aromatic heterocycles. The van der Waals surface area contributed by atoms with E-state index in [-0.39, 0.29) is 18.7 Å². The molecule has 1 aromatic rings. The van der Waals surface area contributed by atoms with E-state index < -0.39 is 23.8 Å². The predicted molar refractivity (Wildman–Crippen MR) is 103 cm³/mol. The molecule has 3 aliphatic heterocycles. The zero-order valence-electron chi connectivity index (χ0n) is 16.1. The fourth-order valence-electron chi connectivity index (χ4n) is 5.20. The van der Waals surface area contributed by atoms with Gasteiger partial charge in [-0.15, -0.1) is 0 Å². The van der Waals surface area contributed by atoms with E-state index in [0.29, 0.717) is 29.8 Å². The van der Waals surface area contributed by atoms with Gasteiger partial charge in [-0.05, 0) is 49.3 Å². The van der Waals surface area contributed by atoms with Crippen molar-refractivity contribution in [3.05, 3.63) is 34.9 Å². The Morgan fingerprint density at radius 3 is 2.59 bits per heavy atom. The van der Waals surface area contributed by atoms with E-state index in [2.05, 4.69) is 16.0 Å². The van der Waals surface area contributed by atoms with Crippen molar-refractivity contribution in [3.8, 4) is 0 Å². The minimum atomic E-state index is -0.925. The Labute approximate surface area is 168 Å². The van der Waals surface area contributed by atoms with Crippen LogP contribution in [0.2, 0.25) is 0 Å². The third kappa shape index (κ3) is 3.16. The van der Waals surface area contributed by atoms with E-state index in [1.807, 2.05) is 6.07 Å². The summed E-state index contributed by atoms with van der Waals surface area (Å²) in [7, 11) is 0. The molecule has 1 saturated carbocycles. The molecular formula is C21H24N4O4. The van der Waals surface area contributed by atoms with Crippen LogP contribution < -0.4 is 16.0 Å². The lowest BCUT2D eigenvalue weighted by molar-refractivity contribution is -0.136. The highest BCUT2D eigenvalue weighted by Crippen LogP contribution is 2.35. The number of amides is 4. The second-order valence-corrected chi connectivity index (χ2v) is 8.50. The first-order valence-electron chi connectivity index (χ1n) is 10.3. The second kappa shape index (κ2) is 7.03. The summed E-state index contributed by atoms with van der Waals surface area (Å²) >= 11 is 0. The zero-order chi connectivity index (χ0) is 20.1. The van der Waals surface area contributed by atoms with Gasteiger partial charge in [-0.1, -0.05) is 6.07 Å². The summed E-state index contributed by atoms with van der Waals surface area (Å²) < 4.78 is 0. The molecule has 1 aliphatic carbocycles. The van der Waals surface area contributed by atoms with Crippen LogP contribution in [-0.4, -0.2) is 53.2 Å². The first-order valence-corrected chi connectivity index (χ1v) is 10.3. The molecule has 0 spiro atoms.